The normalized spacial score (nSPS) is 11.0. The van der Waals surface area contributed by atoms with Crippen LogP contribution in [-0.4, -0.2) is 47.9 Å². The fourth-order valence-corrected chi connectivity index (χ4v) is 2.94. The smallest absolute Gasteiger partial charge is 0.274 e. The molecule has 3 rings (SSSR count). The van der Waals surface area contributed by atoms with Crippen LogP contribution in [0.5, 0.6) is 0 Å². The molecule has 2 N–H and O–H groups in total. The molecule has 8 heteroatoms. The molecular formula is C17H19N5O3. The van der Waals surface area contributed by atoms with E-state index in [1.54, 1.807) is 12.1 Å². The number of aromatic nitrogens is 5. The van der Waals surface area contributed by atoms with Crippen LogP contribution in [0.3, 0.4) is 0 Å². The molecule has 130 valence electrons. The maximum Gasteiger partial charge on any atom is 0.274 e. The molecule has 0 aliphatic rings. The topological polar surface area (TPSA) is 106 Å². The second kappa shape index (κ2) is 6.96. The minimum Gasteiger partial charge on any atom is -0.394 e. The van der Waals surface area contributed by atoms with Crippen LogP contribution in [-0.2, 0) is 13.2 Å². The van der Waals surface area contributed by atoms with E-state index >= 15 is 0 Å². The predicted octanol–water partition coefficient (Wildman–Crippen LogP) is 1.04. The Hall–Kier alpha value is -2.84. The summed E-state index contributed by atoms with van der Waals surface area (Å²) in [5.41, 5.74) is 4.89. The molecule has 0 bridgehead atoms. The highest BCUT2D eigenvalue weighted by atomic mass is 16.3. The van der Waals surface area contributed by atoms with Gasteiger partial charge in [0.25, 0.3) is 5.95 Å². The number of tetrazole rings is 1. The Morgan fingerprint density at radius 1 is 1.20 bits per heavy atom. The summed E-state index contributed by atoms with van der Waals surface area (Å²) >= 11 is 0. The third kappa shape index (κ3) is 3.21. The molecule has 3 aromatic rings. The van der Waals surface area contributed by atoms with Crippen LogP contribution in [0.2, 0.25) is 0 Å². The first-order valence-electron chi connectivity index (χ1n) is 7.85. The number of nitrogens with zero attached hydrogens (tertiary/aromatic N) is 5. The first-order valence-corrected chi connectivity index (χ1v) is 7.85. The van der Waals surface area contributed by atoms with E-state index in [0.717, 1.165) is 28.7 Å². The van der Waals surface area contributed by atoms with Gasteiger partial charge in [-0.25, -0.2) is 0 Å². The van der Waals surface area contributed by atoms with Crippen molar-refractivity contribution in [2.45, 2.75) is 27.0 Å². The highest BCUT2D eigenvalue weighted by Crippen LogP contribution is 2.31. The van der Waals surface area contributed by atoms with E-state index in [1.165, 1.54) is 4.80 Å². The lowest BCUT2D eigenvalue weighted by Gasteiger charge is -2.08. The van der Waals surface area contributed by atoms with Crippen molar-refractivity contribution in [1.29, 1.82) is 0 Å². The Kier molecular flexibility index (Phi) is 4.73. The number of aldehydes is 1. The molecule has 0 saturated carbocycles. The van der Waals surface area contributed by atoms with E-state index in [-0.39, 0.29) is 19.8 Å². The van der Waals surface area contributed by atoms with Crippen LogP contribution in [0.1, 0.15) is 27.2 Å². The van der Waals surface area contributed by atoms with Crippen molar-refractivity contribution in [2.24, 2.45) is 0 Å². The SMILES string of the molecule is Cc1cn(-c2nnn(CCO)n2)c(C)c1-c1cc(C=O)cc(CO)c1. The predicted molar refractivity (Wildman–Crippen MR) is 90.5 cm³/mol. The van der Waals surface area contributed by atoms with Crippen molar-refractivity contribution in [2.75, 3.05) is 6.61 Å². The average Bonchev–Trinajstić information content (AvgIpc) is 3.18. The summed E-state index contributed by atoms with van der Waals surface area (Å²) in [6.45, 7) is 3.97. The van der Waals surface area contributed by atoms with Crippen molar-refractivity contribution >= 4 is 6.29 Å². The first kappa shape index (κ1) is 17.0. The van der Waals surface area contributed by atoms with E-state index in [9.17, 15) is 9.90 Å². The molecule has 25 heavy (non-hydrogen) atoms. The summed E-state index contributed by atoms with van der Waals surface area (Å²) in [6, 6.07) is 5.32. The molecular weight excluding hydrogens is 322 g/mol. The van der Waals surface area contributed by atoms with Gasteiger partial charge in [-0.1, -0.05) is 5.10 Å². The van der Waals surface area contributed by atoms with E-state index in [0.29, 0.717) is 17.1 Å². The van der Waals surface area contributed by atoms with Gasteiger partial charge < -0.3 is 10.2 Å². The lowest BCUT2D eigenvalue weighted by atomic mass is 9.98. The molecule has 0 atom stereocenters. The lowest BCUT2D eigenvalue weighted by Crippen LogP contribution is -2.06. The van der Waals surface area contributed by atoms with Gasteiger partial charge >= 0.3 is 0 Å². The quantitative estimate of drug-likeness (QED) is 0.649. The highest BCUT2D eigenvalue weighted by Gasteiger charge is 2.16. The monoisotopic (exact) mass is 341 g/mol. The molecule has 0 spiro atoms. The second-order valence-corrected chi connectivity index (χ2v) is 5.79. The van der Waals surface area contributed by atoms with Gasteiger partial charge in [0.1, 0.15) is 6.29 Å². The third-order valence-electron chi connectivity index (χ3n) is 4.02. The Morgan fingerprint density at radius 2 is 2.00 bits per heavy atom. The van der Waals surface area contributed by atoms with Gasteiger partial charge in [0, 0.05) is 23.0 Å². The van der Waals surface area contributed by atoms with Crippen molar-refractivity contribution in [3.63, 3.8) is 0 Å². The van der Waals surface area contributed by atoms with Gasteiger partial charge in [-0.3, -0.25) is 9.36 Å². The Bertz CT molecular complexity index is 913. The van der Waals surface area contributed by atoms with Crippen LogP contribution in [0.15, 0.2) is 24.4 Å². The fourth-order valence-electron chi connectivity index (χ4n) is 2.94. The molecule has 0 aliphatic carbocycles. The number of aliphatic hydroxyl groups excluding tert-OH is 2. The molecule has 2 heterocycles. The Morgan fingerprint density at radius 3 is 2.68 bits per heavy atom. The minimum absolute atomic E-state index is 0.0623. The number of aliphatic hydroxyl groups is 2. The van der Waals surface area contributed by atoms with Gasteiger partial charge in [-0.2, -0.15) is 4.80 Å². The summed E-state index contributed by atoms with van der Waals surface area (Å²) in [6.07, 6.45) is 2.67. The molecule has 0 amide bonds. The molecule has 0 fully saturated rings. The van der Waals surface area contributed by atoms with Crippen LogP contribution >= 0.6 is 0 Å². The molecule has 1 aromatic carbocycles. The van der Waals surface area contributed by atoms with Crippen molar-refractivity contribution < 1.29 is 15.0 Å². The summed E-state index contributed by atoms with van der Waals surface area (Å²) in [5.74, 6) is 0.411. The van der Waals surface area contributed by atoms with Crippen molar-refractivity contribution in [3.05, 3.63) is 46.8 Å². The summed E-state index contributed by atoms with van der Waals surface area (Å²) in [4.78, 5) is 12.5. The number of hydrogen-bond acceptors (Lipinski definition) is 6. The molecule has 8 nitrogen and oxygen atoms in total. The Balaban J connectivity index is 2.09. The first-order chi connectivity index (χ1) is 12.1. The molecule has 2 aromatic heterocycles. The lowest BCUT2D eigenvalue weighted by molar-refractivity contribution is 0.112. The molecule has 0 radical (unpaired) electrons. The largest absolute Gasteiger partial charge is 0.394 e. The number of hydrogen-bond donors (Lipinski definition) is 2. The second-order valence-electron chi connectivity index (χ2n) is 5.79. The summed E-state index contributed by atoms with van der Waals surface area (Å²) in [5, 5.41) is 30.6. The molecule has 0 saturated heterocycles. The summed E-state index contributed by atoms with van der Waals surface area (Å²) < 4.78 is 1.82. The molecule has 0 unspecified atom stereocenters. The number of benzene rings is 1. The van der Waals surface area contributed by atoms with Gasteiger partial charge in [-0.15, -0.1) is 5.10 Å². The number of carbonyl (C=O) groups excluding carboxylic acids is 1. The van der Waals surface area contributed by atoms with Gasteiger partial charge in [0.05, 0.1) is 19.8 Å². The molecule has 0 aliphatic heterocycles. The van der Waals surface area contributed by atoms with Gasteiger partial charge in [-0.05, 0) is 54.0 Å². The third-order valence-corrected chi connectivity index (χ3v) is 4.02. The van der Waals surface area contributed by atoms with Gasteiger partial charge in [0.15, 0.2) is 0 Å². The average molecular weight is 341 g/mol. The van der Waals surface area contributed by atoms with Crippen LogP contribution in [0.4, 0.5) is 0 Å². The zero-order chi connectivity index (χ0) is 18.0. The number of aryl methyl sites for hydroxylation is 1. The zero-order valence-electron chi connectivity index (χ0n) is 14.0. The van der Waals surface area contributed by atoms with Crippen molar-refractivity contribution in [1.82, 2.24) is 24.8 Å². The maximum atomic E-state index is 11.2. The summed E-state index contributed by atoms with van der Waals surface area (Å²) in [7, 11) is 0. The maximum absolute atomic E-state index is 11.2. The fraction of sp³-hybridized carbons (Fsp3) is 0.294. The van der Waals surface area contributed by atoms with Crippen LogP contribution in [0.25, 0.3) is 17.1 Å². The van der Waals surface area contributed by atoms with Crippen LogP contribution in [0, 0.1) is 13.8 Å². The van der Waals surface area contributed by atoms with E-state index in [2.05, 4.69) is 15.4 Å². The van der Waals surface area contributed by atoms with Crippen LogP contribution < -0.4 is 0 Å². The Labute approximate surface area is 144 Å². The highest BCUT2D eigenvalue weighted by molar-refractivity contribution is 5.81. The van der Waals surface area contributed by atoms with E-state index < -0.39 is 0 Å². The number of rotatable bonds is 6. The van der Waals surface area contributed by atoms with E-state index in [1.807, 2.05) is 30.7 Å². The number of carbonyl (C=O) groups is 1. The zero-order valence-corrected chi connectivity index (χ0v) is 14.0. The minimum atomic E-state index is -0.134. The van der Waals surface area contributed by atoms with Gasteiger partial charge in [0.2, 0.25) is 0 Å². The van der Waals surface area contributed by atoms with E-state index in [4.69, 9.17) is 5.11 Å². The standard InChI is InChI=1S/C17H19N5O3/c1-11-8-21(17-18-20-22(19-17)3-4-23)12(2)16(11)15-6-13(9-24)5-14(7-15)10-25/h5-9,23,25H,3-4,10H2,1-2H3. The van der Waals surface area contributed by atoms with Crippen molar-refractivity contribution in [3.8, 4) is 17.1 Å².